The standard InChI is InChI=1S/C16H26ClNS/c1-16(2,3)12-6-5-11(10-18-4)13(9-12)14-7-8-15(17)19-14/h7-8,11-13,18H,5-6,9-10H2,1-4H3. The highest BCUT2D eigenvalue weighted by Gasteiger charge is 2.36. The van der Waals surface area contributed by atoms with Gasteiger partial charge >= 0.3 is 0 Å². The Hall–Kier alpha value is -0.0500. The van der Waals surface area contributed by atoms with E-state index in [1.807, 2.05) is 0 Å². The van der Waals surface area contributed by atoms with Crippen LogP contribution in [0.5, 0.6) is 0 Å². The van der Waals surface area contributed by atoms with Crippen molar-refractivity contribution in [3.05, 3.63) is 21.3 Å². The average Bonchev–Trinajstić information content (AvgIpc) is 2.75. The Morgan fingerprint density at radius 1 is 1.32 bits per heavy atom. The third kappa shape index (κ3) is 3.74. The molecule has 1 heterocycles. The summed E-state index contributed by atoms with van der Waals surface area (Å²) in [5.74, 6) is 2.27. The minimum Gasteiger partial charge on any atom is -0.319 e. The first kappa shape index (κ1) is 15.3. The summed E-state index contributed by atoms with van der Waals surface area (Å²) in [4.78, 5) is 1.49. The zero-order valence-corrected chi connectivity index (χ0v) is 14.1. The summed E-state index contributed by atoms with van der Waals surface area (Å²) in [5, 5.41) is 3.37. The average molecular weight is 300 g/mol. The third-order valence-electron chi connectivity index (χ3n) is 4.64. The molecule has 3 unspecified atom stereocenters. The maximum atomic E-state index is 6.13. The largest absolute Gasteiger partial charge is 0.319 e. The van der Waals surface area contributed by atoms with E-state index < -0.39 is 0 Å². The fraction of sp³-hybridized carbons (Fsp3) is 0.750. The zero-order chi connectivity index (χ0) is 14.0. The topological polar surface area (TPSA) is 12.0 Å². The van der Waals surface area contributed by atoms with Crippen LogP contribution in [-0.4, -0.2) is 13.6 Å². The second kappa shape index (κ2) is 6.15. The van der Waals surface area contributed by atoms with E-state index in [1.54, 1.807) is 11.3 Å². The maximum absolute atomic E-state index is 6.13. The Kier molecular flexibility index (Phi) is 4.97. The number of thiophene rings is 1. The summed E-state index contributed by atoms with van der Waals surface area (Å²) in [6.45, 7) is 8.27. The lowest BCUT2D eigenvalue weighted by atomic mass is 9.65. The van der Waals surface area contributed by atoms with Crippen molar-refractivity contribution in [3.63, 3.8) is 0 Å². The second-order valence-corrected chi connectivity index (χ2v) is 8.69. The molecular formula is C16H26ClNS. The van der Waals surface area contributed by atoms with E-state index in [1.165, 1.54) is 24.1 Å². The highest BCUT2D eigenvalue weighted by molar-refractivity contribution is 7.16. The number of hydrogen-bond acceptors (Lipinski definition) is 2. The first-order valence-electron chi connectivity index (χ1n) is 7.31. The van der Waals surface area contributed by atoms with Gasteiger partial charge in [-0.05, 0) is 68.2 Å². The highest BCUT2D eigenvalue weighted by Crippen LogP contribution is 2.48. The molecule has 0 aromatic carbocycles. The van der Waals surface area contributed by atoms with Gasteiger partial charge in [0, 0.05) is 4.88 Å². The summed E-state index contributed by atoms with van der Waals surface area (Å²) in [6, 6.07) is 4.30. The molecule has 1 aromatic rings. The molecule has 2 rings (SSSR count). The van der Waals surface area contributed by atoms with Gasteiger partial charge in [-0.3, -0.25) is 0 Å². The van der Waals surface area contributed by atoms with E-state index in [0.29, 0.717) is 11.3 Å². The highest BCUT2D eigenvalue weighted by atomic mass is 35.5. The van der Waals surface area contributed by atoms with Crippen LogP contribution in [0, 0.1) is 17.3 Å². The van der Waals surface area contributed by atoms with E-state index in [0.717, 1.165) is 22.7 Å². The van der Waals surface area contributed by atoms with Crippen LogP contribution in [-0.2, 0) is 0 Å². The van der Waals surface area contributed by atoms with Crippen molar-refractivity contribution in [2.75, 3.05) is 13.6 Å². The van der Waals surface area contributed by atoms with Gasteiger partial charge in [0.05, 0.1) is 4.34 Å². The molecule has 1 saturated carbocycles. The Morgan fingerprint density at radius 2 is 2.05 bits per heavy atom. The monoisotopic (exact) mass is 299 g/mol. The normalized spacial score (nSPS) is 28.6. The zero-order valence-electron chi connectivity index (χ0n) is 12.5. The predicted octanol–water partition coefficient (Wildman–Crippen LogP) is 5.17. The third-order valence-corrected chi connectivity index (χ3v) is 6.01. The summed E-state index contributed by atoms with van der Waals surface area (Å²) >= 11 is 7.91. The minimum atomic E-state index is 0.421. The molecule has 0 spiro atoms. The summed E-state index contributed by atoms with van der Waals surface area (Å²) in [5.41, 5.74) is 0.421. The van der Waals surface area contributed by atoms with Crippen molar-refractivity contribution < 1.29 is 0 Å². The van der Waals surface area contributed by atoms with E-state index in [4.69, 9.17) is 11.6 Å². The summed E-state index contributed by atoms with van der Waals surface area (Å²) in [6.07, 6.45) is 4.01. The van der Waals surface area contributed by atoms with Gasteiger partial charge in [0.1, 0.15) is 0 Å². The van der Waals surface area contributed by atoms with Crippen LogP contribution in [0.1, 0.15) is 50.8 Å². The van der Waals surface area contributed by atoms with Crippen LogP contribution in [0.15, 0.2) is 12.1 Å². The van der Waals surface area contributed by atoms with Crippen LogP contribution in [0.3, 0.4) is 0 Å². The Balaban J connectivity index is 2.17. The van der Waals surface area contributed by atoms with Gasteiger partial charge in [-0.25, -0.2) is 0 Å². The molecule has 0 radical (unpaired) electrons. The fourth-order valence-electron chi connectivity index (χ4n) is 3.40. The van der Waals surface area contributed by atoms with Gasteiger partial charge in [-0.2, -0.15) is 0 Å². The molecule has 3 atom stereocenters. The Morgan fingerprint density at radius 3 is 2.58 bits per heavy atom. The molecule has 1 nitrogen and oxygen atoms in total. The number of nitrogens with one attached hydrogen (secondary N) is 1. The van der Waals surface area contributed by atoms with Crippen molar-refractivity contribution in [2.45, 2.75) is 46.0 Å². The second-order valence-electron chi connectivity index (χ2n) is 6.94. The van der Waals surface area contributed by atoms with Gasteiger partial charge < -0.3 is 5.32 Å². The molecule has 0 saturated heterocycles. The first-order valence-corrected chi connectivity index (χ1v) is 8.51. The molecule has 1 aliphatic carbocycles. The SMILES string of the molecule is CNCC1CCC(C(C)(C)C)CC1c1ccc(Cl)s1. The van der Waals surface area contributed by atoms with Crippen LogP contribution in [0.2, 0.25) is 4.34 Å². The predicted molar refractivity (Wildman–Crippen MR) is 86.3 cm³/mol. The number of hydrogen-bond donors (Lipinski definition) is 1. The molecule has 1 aromatic heterocycles. The van der Waals surface area contributed by atoms with Gasteiger partial charge in [-0.15, -0.1) is 11.3 Å². The molecule has 1 aliphatic rings. The molecule has 19 heavy (non-hydrogen) atoms. The molecule has 1 N–H and O–H groups in total. The lowest BCUT2D eigenvalue weighted by Crippen LogP contribution is -2.34. The van der Waals surface area contributed by atoms with Gasteiger partial charge in [0.25, 0.3) is 0 Å². The van der Waals surface area contributed by atoms with Crippen molar-refractivity contribution in [1.29, 1.82) is 0 Å². The molecule has 3 heteroatoms. The van der Waals surface area contributed by atoms with Crippen LogP contribution in [0.4, 0.5) is 0 Å². The van der Waals surface area contributed by atoms with Gasteiger partial charge in [0.2, 0.25) is 0 Å². The first-order chi connectivity index (χ1) is 8.91. The molecule has 0 bridgehead atoms. The van der Waals surface area contributed by atoms with Crippen molar-refractivity contribution in [1.82, 2.24) is 5.32 Å². The maximum Gasteiger partial charge on any atom is 0.0931 e. The quantitative estimate of drug-likeness (QED) is 0.812. The lowest BCUT2D eigenvalue weighted by Gasteiger charge is -2.41. The van der Waals surface area contributed by atoms with Gasteiger partial charge in [-0.1, -0.05) is 32.4 Å². The van der Waals surface area contributed by atoms with E-state index in [2.05, 4.69) is 45.3 Å². The molecular weight excluding hydrogens is 274 g/mol. The van der Waals surface area contributed by atoms with Crippen molar-refractivity contribution >= 4 is 22.9 Å². The van der Waals surface area contributed by atoms with Crippen molar-refractivity contribution in [2.24, 2.45) is 17.3 Å². The van der Waals surface area contributed by atoms with E-state index in [-0.39, 0.29) is 0 Å². The van der Waals surface area contributed by atoms with E-state index in [9.17, 15) is 0 Å². The smallest absolute Gasteiger partial charge is 0.0931 e. The minimum absolute atomic E-state index is 0.421. The molecule has 0 aliphatic heterocycles. The molecule has 108 valence electrons. The van der Waals surface area contributed by atoms with Crippen LogP contribution in [0.25, 0.3) is 0 Å². The summed E-state index contributed by atoms with van der Waals surface area (Å²) < 4.78 is 0.927. The molecule has 1 fully saturated rings. The van der Waals surface area contributed by atoms with Gasteiger partial charge in [0.15, 0.2) is 0 Å². The molecule has 0 amide bonds. The van der Waals surface area contributed by atoms with E-state index >= 15 is 0 Å². The lowest BCUT2D eigenvalue weighted by molar-refractivity contribution is 0.131. The fourth-order valence-corrected chi connectivity index (χ4v) is 4.67. The van der Waals surface area contributed by atoms with Crippen LogP contribution >= 0.6 is 22.9 Å². The Labute approximate surface area is 126 Å². The Bertz CT molecular complexity index is 407. The van der Waals surface area contributed by atoms with Crippen molar-refractivity contribution in [3.8, 4) is 0 Å². The summed E-state index contributed by atoms with van der Waals surface area (Å²) in [7, 11) is 2.06. The van der Waals surface area contributed by atoms with Crippen LogP contribution < -0.4 is 5.32 Å². The number of rotatable bonds is 3. The number of halogens is 1.